The summed E-state index contributed by atoms with van der Waals surface area (Å²) in [5.74, 6) is 0.980. The topological polar surface area (TPSA) is 39.3 Å². The molecule has 1 fully saturated rings. The highest BCUT2D eigenvalue weighted by Gasteiger charge is 2.22. The summed E-state index contributed by atoms with van der Waals surface area (Å²) in [6.45, 7) is 5.99. The van der Waals surface area contributed by atoms with Gasteiger partial charge in [0.2, 0.25) is 0 Å². The number of hydrogen-bond donors (Lipinski definition) is 0. The van der Waals surface area contributed by atoms with E-state index in [2.05, 4.69) is 42.1 Å². The van der Waals surface area contributed by atoms with Gasteiger partial charge in [-0.25, -0.2) is 4.79 Å². The number of benzene rings is 1. The third-order valence-electron chi connectivity index (χ3n) is 4.40. The maximum absolute atomic E-state index is 12.0. The van der Waals surface area contributed by atoms with Gasteiger partial charge in [-0.15, -0.1) is 0 Å². The molecule has 0 radical (unpaired) electrons. The molecule has 0 spiro atoms. The van der Waals surface area contributed by atoms with Crippen LogP contribution in [0.3, 0.4) is 0 Å². The summed E-state index contributed by atoms with van der Waals surface area (Å²) in [6.07, 6.45) is 1.02. The van der Waals surface area contributed by atoms with Crippen molar-refractivity contribution in [2.75, 3.05) is 67.5 Å². The smallest absolute Gasteiger partial charge is 0.319 e. The van der Waals surface area contributed by atoms with Crippen molar-refractivity contribution in [3.05, 3.63) is 29.8 Å². The normalized spacial score (nSPS) is 15.5. The maximum atomic E-state index is 12.0. The average molecular weight is 348 g/mol. The van der Waals surface area contributed by atoms with E-state index in [1.54, 1.807) is 19.0 Å². The van der Waals surface area contributed by atoms with Gasteiger partial charge in [0, 0.05) is 58.9 Å². The molecule has 1 aromatic rings. The molecule has 1 heterocycles. The van der Waals surface area contributed by atoms with Crippen LogP contribution in [0, 0.1) is 0 Å². The summed E-state index contributed by atoms with van der Waals surface area (Å²) >= 11 is 0. The molecule has 6 nitrogen and oxygen atoms in total. The number of hydrogen-bond acceptors (Lipinski definition) is 4. The van der Waals surface area contributed by atoms with Gasteiger partial charge in [0.15, 0.2) is 0 Å². The fourth-order valence-corrected chi connectivity index (χ4v) is 2.96. The van der Waals surface area contributed by atoms with Gasteiger partial charge in [0.1, 0.15) is 5.75 Å². The van der Waals surface area contributed by atoms with Crippen LogP contribution >= 0.6 is 0 Å². The number of ether oxygens (including phenoxy) is 1. The highest BCUT2D eigenvalue weighted by molar-refractivity contribution is 5.73. The molecule has 0 N–H and O–H groups in total. The van der Waals surface area contributed by atoms with E-state index in [0.717, 1.165) is 58.0 Å². The number of carbonyl (C=O) groups is 1. The molecule has 1 aliphatic heterocycles. The molecule has 1 aromatic carbocycles. The van der Waals surface area contributed by atoms with Crippen LogP contribution in [0.2, 0.25) is 0 Å². The highest BCUT2D eigenvalue weighted by Crippen LogP contribution is 2.21. The fraction of sp³-hybridized carbons (Fsp3) is 0.632. The molecule has 140 valence electrons. The Bertz CT molecular complexity index is 540. The second-order valence-corrected chi connectivity index (χ2v) is 7.05. The molecule has 1 saturated heterocycles. The van der Waals surface area contributed by atoms with Gasteiger partial charge in [-0.05, 0) is 26.6 Å². The minimum absolute atomic E-state index is 0.101. The van der Waals surface area contributed by atoms with Crippen molar-refractivity contribution in [3.8, 4) is 5.75 Å². The van der Waals surface area contributed by atoms with E-state index in [1.165, 1.54) is 5.56 Å². The monoisotopic (exact) mass is 348 g/mol. The predicted molar refractivity (Wildman–Crippen MR) is 101 cm³/mol. The molecule has 0 unspecified atom stereocenters. The van der Waals surface area contributed by atoms with Crippen LogP contribution in [0.5, 0.6) is 5.75 Å². The minimum Gasteiger partial charge on any atom is -0.493 e. The molecule has 25 heavy (non-hydrogen) atoms. The van der Waals surface area contributed by atoms with E-state index in [0.29, 0.717) is 0 Å². The number of amides is 2. The van der Waals surface area contributed by atoms with Crippen molar-refractivity contribution in [1.29, 1.82) is 0 Å². The Morgan fingerprint density at radius 2 is 1.76 bits per heavy atom. The van der Waals surface area contributed by atoms with Crippen LogP contribution in [0.4, 0.5) is 4.79 Å². The Morgan fingerprint density at radius 1 is 1.08 bits per heavy atom. The number of nitrogens with zero attached hydrogens (tertiary/aromatic N) is 4. The predicted octanol–water partition coefficient (Wildman–Crippen LogP) is 1.82. The van der Waals surface area contributed by atoms with Crippen molar-refractivity contribution in [3.63, 3.8) is 0 Å². The quantitative estimate of drug-likeness (QED) is 0.705. The van der Waals surface area contributed by atoms with Gasteiger partial charge in [-0.2, -0.15) is 0 Å². The van der Waals surface area contributed by atoms with E-state index in [1.807, 2.05) is 11.0 Å². The second kappa shape index (κ2) is 9.63. The third-order valence-corrected chi connectivity index (χ3v) is 4.40. The number of carbonyl (C=O) groups excluding carboxylic acids is 1. The lowest BCUT2D eigenvalue weighted by molar-refractivity contribution is 0.119. The Morgan fingerprint density at radius 3 is 2.40 bits per heavy atom. The summed E-state index contributed by atoms with van der Waals surface area (Å²) in [6, 6.07) is 8.38. The first kappa shape index (κ1) is 19.5. The largest absolute Gasteiger partial charge is 0.493 e. The number of para-hydroxylation sites is 1. The first-order chi connectivity index (χ1) is 12.0. The maximum Gasteiger partial charge on any atom is 0.319 e. The lowest BCUT2D eigenvalue weighted by Crippen LogP contribution is -2.51. The first-order valence-electron chi connectivity index (χ1n) is 9.01. The second-order valence-electron chi connectivity index (χ2n) is 7.05. The SMILES string of the molecule is CN(C)CCCOc1ccccc1CN1CCN(C(=O)N(C)C)CC1. The van der Waals surface area contributed by atoms with E-state index in [4.69, 9.17) is 4.74 Å². The Labute approximate surface area is 151 Å². The molecule has 1 aliphatic rings. The first-order valence-corrected chi connectivity index (χ1v) is 9.01. The van der Waals surface area contributed by atoms with E-state index in [-0.39, 0.29) is 6.03 Å². The van der Waals surface area contributed by atoms with E-state index >= 15 is 0 Å². The van der Waals surface area contributed by atoms with E-state index in [9.17, 15) is 4.79 Å². The van der Waals surface area contributed by atoms with Crippen LogP contribution in [-0.4, -0.2) is 93.2 Å². The summed E-state index contributed by atoms with van der Waals surface area (Å²) in [7, 11) is 7.76. The fourth-order valence-electron chi connectivity index (χ4n) is 2.96. The molecular formula is C19H32N4O2. The molecule has 2 rings (SSSR count). The van der Waals surface area contributed by atoms with Crippen molar-refractivity contribution in [2.24, 2.45) is 0 Å². The van der Waals surface area contributed by atoms with Crippen LogP contribution < -0.4 is 4.74 Å². The van der Waals surface area contributed by atoms with Crippen LogP contribution in [-0.2, 0) is 6.54 Å². The van der Waals surface area contributed by atoms with Gasteiger partial charge in [-0.3, -0.25) is 4.90 Å². The molecule has 0 bridgehead atoms. The zero-order valence-electron chi connectivity index (χ0n) is 16.1. The molecule has 6 heteroatoms. The Balaban J connectivity index is 1.84. The van der Waals surface area contributed by atoms with Crippen LogP contribution in [0.25, 0.3) is 0 Å². The molecule has 0 aromatic heterocycles. The van der Waals surface area contributed by atoms with Crippen molar-refractivity contribution in [1.82, 2.24) is 19.6 Å². The number of piperazine rings is 1. The van der Waals surface area contributed by atoms with Crippen molar-refractivity contribution >= 4 is 6.03 Å². The molecule has 2 amide bonds. The number of urea groups is 1. The summed E-state index contributed by atoms with van der Waals surface area (Å²) in [4.78, 5) is 20.1. The van der Waals surface area contributed by atoms with E-state index < -0.39 is 0 Å². The molecule has 0 saturated carbocycles. The van der Waals surface area contributed by atoms with Gasteiger partial charge in [-0.1, -0.05) is 18.2 Å². The number of rotatable bonds is 7. The zero-order chi connectivity index (χ0) is 18.2. The summed E-state index contributed by atoms with van der Waals surface area (Å²) < 4.78 is 6.00. The van der Waals surface area contributed by atoms with Crippen LogP contribution in [0.1, 0.15) is 12.0 Å². The van der Waals surface area contributed by atoms with Gasteiger partial charge < -0.3 is 19.4 Å². The van der Waals surface area contributed by atoms with Crippen molar-refractivity contribution < 1.29 is 9.53 Å². The standard InChI is InChI=1S/C19H32N4O2/c1-20(2)10-7-15-25-18-9-6-5-8-17(18)16-22-11-13-23(14-12-22)19(24)21(3)4/h5-6,8-9H,7,10-16H2,1-4H3. The van der Waals surface area contributed by atoms with Crippen molar-refractivity contribution in [2.45, 2.75) is 13.0 Å². The minimum atomic E-state index is 0.101. The summed E-state index contributed by atoms with van der Waals surface area (Å²) in [5.41, 5.74) is 1.22. The average Bonchev–Trinajstić information content (AvgIpc) is 2.60. The lowest BCUT2D eigenvalue weighted by Gasteiger charge is -2.36. The molecular weight excluding hydrogens is 316 g/mol. The summed E-state index contributed by atoms with van der Waals surface area (Å²) in [5, 5.41) is 0. The lowest BCUT2D eigenvalue weighted by atomic mass is 10.1. The Hall–Kier alpha value is -1.79. The molecule has 0 aliphatic carbocycles. The van der Waals surface area contributed by atoms with Gasteiger partial charge in [0.25, 0.3) is 0 Å². The highest BCUT2D eigenvalue weighted by atomic mass is 16.5. The van der Waals surface area contributed by atoms with Crippen LogP contribution in [0.15, 0.2) is 24.3 Å². The van der Waals surface area contributed by atoms with Gasteiger partial charge in [0.05, 0.1) is 6.61 Å². The van der Waals surface area contributed by atoms with Gasteiger partial charge >= 0.3 is 6.03 Å². The third kappa shape index (κ3) is 6.21. The Kier molecular flexibility index (Phi) is 7.52. The zero-order valence-corrected chi connectivity index (χ0v) is 16.1. The molecule has 0 atom stereocenters.